The summed E-state index contributed by atoms with van der Waals surface area (Å²) in [4.78, 5) is 33.3. The van der Waals surface area contributed by atoms with Gasteiger partial charge in [-0.3, -0.25) is 14.1 Å². The summed E-state index contributed by atoms with van der Waals surface area (Å²) in [5.41, 5.74) is 0.0937. The van der Waals surface area contributed by atoms with Crippen LogP contribution in [0.5, 0.6) is 5.75 Å². The van der Waals surface area contributed by atoms with Crippen LogP contribution < -0.4 is 5.43 Å². The molecule has 0 atom stereocenters. The van der Waals surface area contributed by atoms with E-state index in [0.717, 1.165) is 6.07 Å². The molecule has 2 aliphatic rings. The van der Waals surface area contributed by atoms with Crippen molar-refractivity contribution in [2.75, 3.05) is 0 Å². The predicted molar refractivity (Wildman–Crippen MR) is 106 cm³/mol. The zero-order chi connectivity index (χ0) is 21.6. The number of phenols is 1. The molecule has 1 amide bonds. The largest absolute Gasteiger partial charge is 0.508 e. The van der Waals surface area contributed by atoms with Gasteiger partial charge in [-0.25, -0.2) is 0 Å². The van der Waals surface area contributed by atoms with Crippen molar-refractivity contribution in [3.63, 3.8) is 0 Å². The number of hydrogen-bond acceptors (Lipinski definition) is 7. The highest BCUT2D eigenvalue weighted by Gasteiger charge is 2.25. The molecule has 30 heavy (non-hydrogen) atoms. The molecule has 1 aliphatic heterocycles. The van der Waals surface area contributed by atoms with Crippen molar-refractivity contribution in [1.29, 1.82) is 0 Å². The molecule has 2 aromatic rings. The van der Waals surface area contributed by atoms with E-state index in [-0.39, 0.29) is 39.2 Å². The van der Waals surface area contributed by atoms with E-state index >= 15 is 0 Å². The Morgan fingerprint density at radius 1 is 0.967 bits per heavy atom. The SMILES string of the molecule is O=NC(=O)c1ccc(-c2c3ccc(=O)cc-3oc3cc(O)ccc23)c(S(=O)(=O)O)c1. The first-order valence-electron chi connectivity index (χ1n) is 8.38. The van der Waals surface area contributed by atoms with Crippen LogP contribution in [0.15, 0.2) is 73.9 Å². The second kappa shape index (κ2) is 6.87. The standard InChI is InChI=1S/C20H11NO8S/c22-11-2-5-13-16(8-11)29-17-9-12(23)3-6-14(17)19(13)15-4-1-10(20(24)21-25)7-18(15)30(26,27)28/h1-9,22H,(H,26,27,28). The number of rotatable bonds is 3. The van der Waals surface area contributed by atoms with Gasteiger partial charge in [0.25, 0.3) is 10.1 Å². The minimum absolute atomic E-state index is 0.00455. The van der Waals surface area contributed by atoms with E-state index in [1.165, 1.54) is 48.5 Å². The predicted octanol–water partition coefficient (Wildman–Crippen LogP) is 3.42. The molecule has 0 radical (unpaired) electrons. The summed E-state index contributed by atoms with van der Waals surface area (Å²) in [6, 6.07) is 11.3. The van der Waals surface area contributed by atoms with Crippen LogP contribution in [-0.2, 0) is 10.1 Å². The van der Waals surface area contributed by atoms with Gasteiger partial charge in [0.15, 0.2) is 5.43 Å². The molecule has 0 unspecified atom stereocenters. The molecule has 0 saturated carbocycles. The van der Waals surface area contributed by atoms with Crippen LogP contribution in [0.25, 0.3) is 33.4 Å². The van der Waals surface area contributed by atoms with Gasteiger partial charge in [0.05, 0.1) is 0 Å². The van der Waals surface area contributed by atoms with Crippen molar-refractivity contribution in [3.05, 3.63) is 75.3 Å². The number of nitrogens with zero attached hydrogens (tertiary/aromatic N) is 1. The maximum Gasteiger partial charge on any atom is 0.316 e. The highest BCUT2D eigenvalue weighted by molar-refractivity contribution is 7.86. The summed E-state index contributed by atoms with van der Waals surface area (Å²) in [7, 11) is -4.84. The van der Waals surface area contributed by atoms with Gasteiger partial charge in [0.1, 0.15) is 22.0 Å². The van der Waals surface area contributed by atoms with E-state index in [1.54, 1.807) is 0 Å². The number of amides is 1. The third kappa shape index (κ3) is 3.23. The van der Waals surface area contributed by atoms with Crippen molar-refractivity contribution < 1.29 is 27.3 Å². The number of fused-ring (bicyclic) bond motifs is 2. The highest BCUT2D eigenvalue weighted by atomic mass is 32.2. The summed E-state index contributed by atoms with van der Waals surface area (Å²) in [6.45, 7) is 0. The first-order chi connectivity index (χ1) is 14.2. The van der Waals surface area contributed by atoms with Crippen LogP contribution in [0.2, 0.25) is 0 Å². The molecule has 0 spiro atoms. The van der Waals surface area contributed by atoms with E-state index in [2.05, 4.69) is 5.18 Å². The van der Waals surface area contributed by atoms with Gasteiger partial charge in [-0.1, -0.05) is 6.07 Å². The summed E-state index contributed by atoms with van der Waals surface area (Å²) in [5, 5.41) is 12.4. The fourth-order valence-electron chi connectivity index (χ4n) is 3.28. The van der Waals surface area contributed by atoms with Gasteiger partial charge in [0, 0.05) is 44.9 Å². The monoisotopic (exact) mass is 425 g/mol. The maximum absolute atomic E-state index is 12.1. The minimum Gasteiger partial charge on any atom is -0.508 e. The number of carbonyl (C=O) groups excluding carboxylic acids is 1. The summed E-state index contributed by atoms with van der Waals surface area (Å²) in [6.07, 6.45) is 0. The number of benzene rings is 3. The zero-order valence-corrected chi connectivity index (χ0v) is 15.7. The molecule has 10 heteroatoms. The molecular weight excluding hydrogens is 414 g/mol. The van der Waals surface area contributed by atoms with Crippen LogP contribution in [0, 0.1) is 4.91 Å². The van der Waals surface area contributed by atoms with Crippen molar-refractivity contribution >= 4 is 27.0 Å². The van der Waals surface area contributed by atoms with Crippen molar-refractivity contribution in [3.8, 4) is 28.2 Å². The molecule has 2 N–H and O–H groups in total. The first kappa shape index (κ1) is 19.4. The molecule has 1 heterocycles. The number of carbonyl (C=O) groups is 1. The lowest BCUT2D eigenvalue weighted by molar-refractivity contribution is 0.100. The van der Waals surface area contributed by atoms with Gasteiger partial charge < -0.3 is 9.52 Å². The molecule has 9 nitrogen and oxygen atoms in total. The topological polar surface area (TPSA) is 151 Å². The summed E-state index contributed by atoms with van der Waals surface area (Å²) >= 11 is 0. The lowest BCUT2D eigenvalue weighted by Gasteiger charge is -2.17. The summed E-state index contributed by atoms with van der Waals surface area (Å²) < 4.78 is 39.7. The normalized spacial score (nSPS) is 11.6. The molecule has 0 bridgehead atoms. The Balaban J connectivity index is 2.19. The number of phenolic OH excluding ortho intramolecular Hbond substituents is 1. The molecule has 2 aromatic carbocycles. The van der Waals surface area contributed by atoms with E-state index < -0.39 is 20.9 Å². The third-order valence-electron chi connectivity index (χ3n) is 4.54. The summed E-state index contributed by atoms with van der Waals surface area (Å²) in [5.74, 6) is -1.21. The van der Waals surface area contributed by atoms with Gasteiger partial charge in [0.2, 0.25) is 0 Å². The second-order valence-corrected chi connectivity index (χ2v) is 7.79. The lowest BCUT2D eigenvalue weighted by atomic mass is 9.93. The lowest BCUT2D eigenvalue weighted by Crippen LogP contribution is -2.06. The van der Waals surface area contributed by atoms with E-state index in [4.69, 9.17) is 4.42 Å². The van der Waals surface area contributed by atoms with E-state index in [9.17, 15) is 32.6 Å². The van der Waals surface area contributed by atoms with Gasteiger partial charge in [-0.05, 0) is 36.4 Å². The number of hydrogen-bond donors (Lipinski definition) is 2. The average Bonchev–Trinajstić information content (AvgIpc) is 2.70. The Bertz CT molecular complexity index is 1490. The van der Waals surface area contributed by atoms with Crippen LogP contribution in [0.4, 0.5) is 0 Å². The van der Waals surface area contributed by atoms with E-state index in [0.29, 0.717) is 10.9 Å². The van der Waals surface area contributed by atoms with Crippen LogP contribution >= 0.6 is 0 Å². The average molecular weight is 425 g/mol. The second-order valence-electron chi connectivity index (χ2n) is 6.40. The molecule has 0 fully saturated rings. The fourth-order valence-corrected chi connectivity index (χ4v) is 4.00. The molecule has 4 rings (SSSR count). The van der Waals surface area contributed by atoms with Crippen molar-refractivity contribution in [2.45, 2.75) is 4.90 Å². The third-order valence-corrected chi connectivity index (χ3v) is 5.43. The molecule has 1 aliphatic carbocycles. The van der Waals surface area contributed by atoms with Gasteiger partial charge in [-0.2, -0.15) is 8.42 Å². The minimum atomic E-state index is -4.84. The van der Waals surface area contributed by atoms with Gasteiger partial charge >= 0.3 is 5.91 Å². The number of nitroso groups, excluding NO2 is 1. The Morgan fingerprint density at radius 3 is 2.40 bits per heavy atom. The van der Waals surface area contributed by atoms with E-state index in [1.807, 2.05) is 0 Å². The van der Waals surface area contributed by atoms with Crippen LogP contribution in [-0.4, -0.2) is 24.0 Å². The smallest absolute Gasteiger partial charge is 0.316 e. The Morgan fingerprint density at radius 2 is 1.70 bits per heavy atom. The first-order valence-corrected chi connectivity index (χ1v) is 9.82. The quantitative estimate of drug-likeness (QED) is 0.288. The Hall–Kier alpha value is -3.89. The Labute approximate surface area is 168 Å². The molecule has 0 aromatic heterocycles. The zero-order valence-electron chi connectivity index (χ0n) is 14.9. The van der Waals surface area contributed by atoms with Crippen molar-refractivity contribution in [2.24, 2.45) is 5.18 Å². The Kier molecular flexibility index (Phi) is 4.45. The van der Waals surface area contributed by atoms with Crippen LogP contribution in [0.1, 0.15) is 10.4 Å². The van der Waals surface area contributed by atoms with Gasteiger partial charge in [-0.15, -0.1) is 4.91 Å². The molecule has 150 valence electrons. The molecule has 0 saturated heterocycles. The van der Waals surface area contributed by atoms with Crippen molar-refractivity contribution in [1.82, 2.24) is 0 Å². The fraction of sp³-hybridized carbons (Fsp3) is 0. The number of aromatic hydroxyl groups is 1. The molecular formula is C20H11NO8S. The maximum atomic E-state index is 12.1. The highest BCUT2D eigenvalue weighted by Crippen LogP contribution is 2.43. The van der Waals surface area contributed by atoms with Crippen LogP contribution in [0.3, 0.4) is 0 Å².